The molecule has 162 valence electrons. The molecule has 2 heteroatoms. The molecule has 0 radical (unpaired) electrons. The van der Waals surface area contributed by atoms with Gasteiger partial charge >= 0.3 is 0 Å². The molecule has 0 atom stereocenters. The van der Waals surface area contributed by atoms with Crippen LogP contribution < -0.4 is 10.6 Å². The fourth-order valence-corrected chi connectivity index (χ4v) is 2.77. The second-order valence-electron chi connectivity index (χ2n) is 7.09. The van der Waals surface area contributed by atoms with E-state index in [1.54, 1.807) is 0 Å². The van der Waals surface area contributed by atoms with E-state index in [-0.39, 0.29) is 5.41 Å². The number of hydrogen-bond donors (Lipinski definition) is 1. The van der Waals surface area contributed by atoms with Gasteiger partial charge in [0.2, 0.25) is 0 Å². The average Bonchev–Trinajstić information content (AvgIpc) is 3.07. The zero-order chi connectivity index (χ0) is 26.1. The minimum atomic E-state index is -0.238. The van der Waals surface area contributed by atoms with E-state index in [1.165, 1.54) is 0 Å². The summed E-state index contributed by atoms with van der Waals surface area (Å²) in [4.78, 5) is 1.86. The zero-order valence-electron chi connectivity index (χ0n) is 19.7. The van der Waals surface area contributed by atoms with E-state index in [0.29, 0.717) is 6.54 Å². The molecule has 2 N–H and O–H groups in total. The van der Waals surface area contributed by atoms with Gasteiger partial charge in [-0.2, -0.15) is 0 Å². The quantitative estimate of drug-likeness (QED) is 0.663. The first kappa shape index (κ1) is 26.1. The molecule has 2 nitrogen and oxygen atoms in total. The lowest BCUT2D eigenvalue weighted by Gasteiger charge is -2.21. The van der Waals surface area contributed by atoms with Gasteiger partial charge in [-0.3, -0.25) is 4.90 Å². The average molecular weight is 453 g/mol. The molecule has 1 aromatic rings. The van der Waals surface area contributed by atoms with Crippen molar-refractivity contribution < 1.29 is 0 Å². The van der Waals surface area contributed by atoms with E-state index in [9.17, 15) is 0 Å². The predicted molar refractivity (Wildman–Crippen MR) is 146 cm³/mol. The van der Waals surface area contributed by atoms with Gasteiger partial charge < -0.3 is 5.73 Å². The lowest BCUT2D eigenvalue weighted by atomic mass is 9.84. The summed E-state index contributed by atoms with van der Waals surface area (Å²) in [7, 11) is 0. The number of fused-ring (bicyclic) bond motifs is 1. The molecular weight excluding hydrogens is 436 g/mol. The maximum atomic E-state index is 5.78. The fraction of sp³-hybridized carbons (Fsp3) is 0.118. The lowest BCUT2D eigenvalue weighted by Crippen LogP contribution is -2.21. The van der Waals surface area contributed by atoms with E-state index in [4.69, 9.17) is 12.2 Å². The van der Waals surface area contributed by atoms with Crippen LogP contribution in [0.2, 0.25) is 0 Å². The molecule has 0 saturated carbocycles. The Morgan fingerprint density at radius 3 is 1.56 bits per heavy atom. The second kappa shape index (κ2) is 14.1. The summed E-state index contributed by atoms with van der Waals surface area (Å²) >= 11 is 0. The number of rotatable bonds is 1. The van der Waals surface area contributed by atoms with E-state index in [1.807, 2.05) is 17.0 Å². The van der Waals surface area contributed by atoms with Crippen LogP contribution in [0.3, 0.4) is 0 Å². The molecule has 0 aromatic heterocycles. The Hall–Kier alpha value is -6.12. The molecule has 0 bridgehead atoms. The summed E-state index contributed by atoms with van der Waals surface area (Å²) < 4.78 is 0. The largest absolute Gasteiger partial charge is 0.326 e. The van der Waals surface area contributed by atoms with Gasteiger partial charge in [-0.15, -0.1) is 6.42 Å². The van der Waals surface area contributed by atoms with Gasteiger partial charge in [0.15, 0.2) is 0 Å². The number of hydrogen-bond acceptors (Lipinski definition) is 2. The molecule has 0 unspecified atom stereocenters. The van der Waals surface area contributed by atoms with Crippen LogP contribution in [0.15, 0.2) is 30.5 Å². The Labute approximate surface area is 214 Å². The number of benzene rings is 1. The van der Waals surface area contributed by atoms with E-state index < -0.39 is 0 Å². The molecule has 1 heterocycles. The molecule has 1 aromatic carbocycles. The molecule has 0 amide bonds. The first-order valence-electron chi connectivity index (χ1n) is 10.3. The minimum absolute atomic E-state index is 0.238. The van der Waals surface area contributed by atoms with Gasteiger partial charge in [0, 0.05) is 94.7 Å². The number of anilines is 1. The van der Waals surface area contributed by atoms with Crippen molar-refractivity contribution in [3.8, 4) is 131 Å². The van der Waals surface area contributed by atoms with Crippen LogP contribution in [0.25, 0.3) is 0 Å². The van der Waals surface area contributed by atoms with Crippen molar-refractivity contribution in [3.63, 3.8) is 0 Å². The monoisotopic (exact) mass is 452 g/mol. The van der Waals surface area contributed by atoms with Gasteiger partial charge in [-0.1, -0.05) is 32.6 Å². The molecule has 36 heavy (non-hydrogen) atoms. The standard InChI is InChI=1S/C34H16N2/c1-5-6-7-8-9-10-11-12-13-14-15-16-17-18-19-20-21-22-23-24-27-36-30(2)34(3,4)32-28-31(29-35)25-26-33(32)36/h1,25-26,28H,2,29,35H2,3-4H3. The molecule has 1 aliphatic rings. The van der Waals surface area contributed by atoms with Crippen molar-refractivity contribution in [1.82, 2.24) is 0 Å². The molecule has 0 saturated heterocycles. The summed E-state index contributed by atoms with van der Waals surface area (Å²) in [5.41, 5.74) is 9.64. The molecular formula is C34H16N2. The first-order chi connectivity index (χ1) is 17.5. The highest BCUT2D eigenvalue weighted by Crippen LogP contribution is 2.46. The Bertz CT molecular complexity index is 1770. The highest BCUT2D eigenvalue weighted by atomic mass is 15.2. The molecule has 1 aliphatic heterocycles. The molecule has 0 spiro atoms. The fourth-order valence-electron chi connectivity index (χ4n) is 2.77. The summed E-state index contributed by atoms with van der Waals surface area (Å²) in [5, 5.41) is 0. The van der Waals surface area contributed by atoms with Crippen molar-refractivity contribution in [3.05, 3.63) is 41.6 Å². The molecule has 2 rings (SSSR count). The zero-order valence-corrected chi connectivity index (χ0v) is 19.7. The summed E-state index contributed by atoms with van der Waals surface area (Å²) in [6, 6.07) is 9.15. The maximum absolute atomic E-state index is 5.78. The normalized spacial score (nSPS) is 9.83. The van der Waals surface area contributed by atoms with Gasteiger partial charge in [0.05, 0.1) is 5.69 Å². The second-order valence-corrected chi connectivity index (χ2v) is 7.09. The highest BCUT2D eigenvalue weighted by molar-refractivity contribution is 5.74. The third kappa shape index (κ3) is 7.78. The summed E-state index contributed by atoms with van der Waals surface area (Å²) in [6.07, 6.45) is 4.94. The third-order valence-corrected chi connectivity index (χ3v) is 4.57. The maximum Gasteiger partial charge on any atom is 0.0583 e. The van der Waals surface area contributed by atoms with Crippen LogP contribution in [0, 0.1) is 131 Å². The Kier molecular flexibility index (Phi) is 10.2. The molecule has 0 aliphatic carbocycles. The van der Waals surface area contributed by atoms with Crippen LogP contribution in [-0.4, -0.2) is 0 Å². The van der Waals surface area contributed by atoms with Gasteiger partial charge in [0.25, 0.3) is 0 Å². The lowest BCUT2D eigenvalue weighted by molar-refractivity contribution is 0.646. The smallest absolute Gasteiger partial charge is 0.0583 e. The van der Waals surface area contributed by atoms with Crippen molar-refractivity contribution >= 4 is 5.69 Å². The van der Waals surface area contributed by atoms with Crippen LogP contribution in [0.5, 0.6) is 0 Å². The summed E-state index contributed by atoms with van der Waals surface area (Å²) in [6.45, 7) is 8.92. The SMILES string of the molecule is C#CC#CC#CC#CC#CC#CC#CC#CC#CC#CC#CN1C(=C)C(C)(C)c2cc(CN)ccc21. The first-order valence-corrected chi connectivity index (χ1v) is 10.3. The molecule has 0 fully saturated rings. The highest BCUT2D eigenvalue weighted by Gasteiger charge is 2.38. The van der Waals surface area contributed by atoms with E-state index in [2.05, 4.69) is 151 Å². The van der Waals surface area contributed by atoms with E-state index >= 15 is 0 Å². The predicted octanol–water partition coefficient (Wildman–Crippen LogP) is 2.38. The topological polar surface area (TPSA) is 29.3 Å². The van der Waals surface area contributed by atoms with Crippen molar-refractivity contribution in [2.75, 3.05) is 4.90 Å². The number of allylic oxidation sites excluding steroid dienone is 1. The number of nitrogens with two attached hydrogens (primary N) is 1. The van der Waals surface area contributed by atoms with Crippen molar-refractivity contribution in [2.24, 2.45) is 5.73 Å². The van der Waals surface area contributed by atoms with Crippen LogP contribution in [0.4, 0.5) is 5.69 Å². The number of terminal acetylenes is 1. The van der Waals surface area contributed by atoms with E-state index in [0.717, 1.165) is 22.5 Å². The Morgan fingerprint density at radius 2 is 1.14 bits per heavy atom. The Balaban J connectivity index is 1.93. The van der Waals surface area contributed by atoms with Gasteiger partial charge in [-0.25, -0.2) is 0 Å². The van der Waals surface area contributed by atoms with Crippen LogP contribution >= 0.6 is 0 Å². The third-order valence-electron chi connectivity index (χ3n) is 4.57. The van der Waals surface area contributed by atoms with Crippen molar-refractivity contribution in [2.45, 2.75) is 25.8 Å². The van der Waals surface area contributed by atoms with Crippen molar-refractivity contribution in [1.29, 1.82) is 0 Å². The minimum Gasteiger partial charge on any atom is -0.326 e. The summed E-state index contributed by atoms with van der Waals surface area (Å²) in [5.74, 6) is 50.4. The van der Waals surface area contributed by atoms with Gasteiger partial charge in [0.1, 0.15) is 0 Å². The Morgan fingerprint density at radius 1 is 0.722 bits per heavy atom. The van der Waals surface area contributed by atoms with Gasteiger partial charge in [-0.05, 0) is 64.6 Å². The number of nitrogens with zero attached hydrogens (tertiary/aromatic N) is 1. The van der Waals surface area contributed by atoms with Crippen LogP contribution in [-0.2, 0) is 12.0 Å². The van der Waals surface area contributed by atoms with Crippen LogP contribution in [0.1, 0.15) is 25.0 Å².